The first-order valence-corrected chi connectivity index (χ1v) is 8.81. The van der Waals surface area contributed by atoms with E-state index in [1.807, 2.05) is 0 Å². The molecule has 1 fully saturated rings. The Kier molecular flexibility index (Phi) is 5.66. The van der Waals surface area contributed by atoms with Crippen LogP contribution in [-0.2, 0) is 12.7 Å². The van der Waals surface area contributed by atoms with Crippen LogP contribution in [0.1, 0.15) is 24.0 Å². The first-order valence-electron chi connectivity index (χ1n) is 8.81. The van der Waals surface area contributed by atoms with Crippen LogP contribution in [0, 0.1) is 0 Å². The molecule has 1 aliphatic heterocycles. The molecule has 0 unspecified atom stereocenters. The number of alkyl halides is 6. The van der Waals surface area contributed by atoms with Crippen LogP contribution >= 0.6 is 0 Å². The van der Waals surface area contributed by atoms with E-state index >= 15 is 0 Å². The Hall–Kier alpha value is -2.49. The molecule has 2 heterocycles. The Morgan fingerprint density at radius 3 is 2.52 bits per heavy atom. The fourth-order valence-corrected chi connectivity index (χ4v) is 3.59. The number of hydrogen-bond acceptors (Lipinski definition) is 4. The van der Waals surface area contributed by atoms with Gasteiger partial charge < -0.3 is 10.5 Å². The lowest BCUT2D eigenvalue weighted by Crippen LogP contribution is -2.40. The summed E-state index contributed by atoms with van der Waals surface area (Å²) in [6.45, 7) is 0.111. The summed E-state index contributed by atoms with van der Waals surface area (Å²) < 4.78 is 84.6. The molecule has 3 rings (SSSR count). The molecule has 0 aliphatic carbocycles. The van der Waals surface area contributed by atoms with Crippen molar-refractivity contribution in [3.8, 4) is 17.0 Å². The predicted octanol–water partition coefficient (Wildman–Crippen LogP) is 4.88. The number of ether oxygens (including phenoxy) is 1. The summed E-state index contributed by atoms with van der Waals surface area (Å²) in [6.07, 6.45) is -7.41. The van der Waals surface area contributed by atoms with Gasteiger partial charge in [-0.1, -0.05) is 0 Å². The lowest BCUT2D eigenvalue weighted by molar-refractivity contribution is -0.177. The Labute approximate surface area is 163 Å². The topological polar surface area (TPSA) is 51.4 Å². The number of hydrogen-bond donors (Lipinski definition) is 1. The van der Waals surface area contributed by atoms with Gasteiger partial charge in [0.1, 0.15) is 11.8 Å². The molecule has 29 heavy (non-hydrogen) atoms. The largest absolute Gasteiger partial charge is 0.496 e. The van der Waals surface area contributed by atoms with E-state index in [0.29, 0.717) is 12.0 Å². The van der Waals surface area contributed by atoms with E-state index in [-0.39, 0.29) is 42.2 Å². The monoisotopic (exact) mass is 419 g/mol. The number of halogens is 6. The number of methoxy groups -OCH3 is 1. The SMILES string of the molecule is COc1ccc(-c2ncc(N)cc2CN2CCC[C@H]2C(F)(F)F)cc1C(F)(F)F. The highest BCUT2D eigenvalue weighted by Crippen LogP contribution is 2.40. The highest BCUT2D eigenvalue weighted by atomic mass is 19.4. The Morgan fingerprint density at radius 2 is 1.90 bits per heavy atom. The normalized spacial score (nSPS) is 18.2. The van der Waals surface area contributed by atoms with E-state index in [0.717, 1.165) is 19.2 Å². The van der Waals surface area contributed by atoms with Crippen LogP contribution in [0.15, 0.2) is 30.5 Å². The minimum absolute atomic E-state index is 0.0185. The van der Waals surface area contributed by atoms with Crippen LogP contribution in [0.2, 0.25) is 0 Å². The van der Waals surface area contributed by atoms with Gasteiger partial charge in [0, 0.05) is 12.1 Å². The van der Waals surface area contributed by atoms with Gasteiger partial charge >= 0.3 is 12.4 Å². The molecule has 0 radical (unpaired) electrons. The average molecular weight is 419 g/mol. The van der Waals surface area contributed by atoms with Gasteiger partial charge in [0.15, 0.2) is 0 Å². The number of pyridine rings is 1. The molecular weight excluding hydrogens is 400 g/mol. The maximum absolute atomic E-state index is 13.4. The number of nitrogen functional groups attached to an aromatic ring is 1. The van der Waals surface area contributed by atoms with E-state index in [1.165, 1.54) is 23.2 Å². The second-order valence-corrected chi connectivity index (χ2v) is 6.86. The van der Waals surface area contributed by atoms with Crippen molar-refractivity contribution in [2.24, 2.45) is 0 Å². The molecular formula is C19H19F6N3O. The van der Waals surface area contributed by atoms with Gasteiger partial charge in [-0.3, -0.25) is 9.88 Å². The van der Waals surface area contributed by atoms with Gasteiger partial charge in [0.25, 0.3) is 0 Å². The highest BCUT2D eigenvalue weighted by molar-refractivity contribution is 5.67. The molecule has 0 saturated carbocycles. The van der Waals surface area contributed by atoms with Gasteiger partial charge in [-0.25, -0.2) is 0 Å². The predicted molar refractivity (Wildman–Crippen MR) is 95.1 cm³/mol. The van der Waals surface area contributed by atoms with Gasteiger partial charge in [0.2, 0.25) is 0 Å². The fraction of sp³-hybridized carbons (Fsp3) is 0.421. The van der Waals surface area contributed by atoms with E-state index < -0.39 is 24.0 Å². The minimum Gasteiger partial charge on any atom is -0.496 e. The molecule has 1 aliphatic rings. The third kappa shape index (κ3) is 4.58. The number of nitrogens with two attached hydrogens (primary N) is 1. The zero-order valence-corrected chi connectivity index (χ0v) is 15.4. The number of nitrogens with zero attached hydrogens (tertiary/aromatic N) is 2. The fourth-order valence-electron chi connectivity index (χ4n) is 3.59. The molecule has 2 aromatic rings. The highest BCUT2D eigenvalue weighted by Gasteiger charge is 2.45. The molecule has 1 saturated heterocycles. The van der Waals surface area contributed by atoms with Crippen LogP contribution in [-0.4, -0.2) is 35.8 Å². The molecule has 158 valence electrons. The minimum atomic E-state index is -4.66. The van der Waals surface area contributed by atoms with E-state index in [4.69, 9.17) is 10.5 Å². The van der Waals surface area contributed by atoms with Gasteiger partial charge in [-0.15, -0.1) is 0 Å². The van der Waals surface area contributed by atoms with E-state index in [1.54, 1.807) is 0 Å². The third-order valence-electron chi connectivity index (χ3n) is 4.88. The average Bonchev–Trinajstić information content (AvgIpc) is 3.09. The van der Waals surface area contributed by atoms with Crippen molar-refractivity contribution in [1.29, 1.82) is 0 Å². The van der Waals surface area contributed by atoms with Crippen LogP contribution in [0.5, 0.6) is 5.75 Å². The molecule has 0 amide bonds. The van der Waals surface area contributed by atoms with Crippen LogP contribution in [0.25, 0.3) is 11.3 Å². The molecule has 1 aromatic heterocycles. The molecule has 2 N–H and O–H groups in total. The van der Waals surface area contributed by atoms with E-state index in [2.05, 4.69) is 4.98 Å². The van der Waals surface area contributed by atoms with Crippen molar-refractivity contribution in [3.05, 3.63) is 41.6 Å². The Bertz CT molecular complexity index is 881. The summed E-state index contributed by atoms with van der Waals surface area (Å²) in [6, 6.07) is 3.28. The van der Waals surface area contributed by atoms with Gasteiger partial charge in [-0.2, -0.15) is 26.3 Å². The lowest BCUT2D eigenvalue weighted by Gasteiger charge is -2.27. The smallest absolute Gasteiger partial charge is 0.419 e. The Morgan fingerprint density at radius 1 is 1.17 bits per heavy atom. The maximum atomic E-state index is 13.4. The number of likely N-dealkylation sites (tertiary alicyclic amines) is 1. The summed E-state index contributed by atoms with van der Waals surface area (Å²) >= 11 is 0. The number of rotatable bonds is 4. The quantitative estimate of drug-likeness (QED) is 0.718. The summed E-state index contributed by atoms with van der Waals surface area (Å²) in [5.74, 6) is -0.352. The van der Waals surface area contributed by atoms with Crippen molar-refractivity contribution < 1.29 is 31.1 Å². The zero-order chi connectivity index (χ0) is 21.4. The standard InChI is InChI=1S/C19H19F6N3O/c1-29-15-5-4-11(8-14(15)18(20,21)22)17-12(7-13(26)9-27-17)10-28-6-2-3-16(28)19(23,24)25/h4-5,7-9,16H,2-3,6,10,26H2,1H3/t16-/m0/s1. The van der Waals surface area contributed by atoms with Crippen molar-refractivity contribution in [1.82, 2.24) is 9.88 Å². The van der Waals surface area contributed by atoms with Gasteiger partial charge in [0.05, 0.1) is 30.3 Å². The summed E-state index contributed by atoms with van der Waals surface area (Å²) in [5, 5.41) is 0. The van der Waals surface area contributed by atoms with Crippen molar-refractivity contribution >= 4 is 5.69 Å². The molecule has 0 bridgehead atoms. The first-order chi connectivity index (χ1) is 13.5. The number of anilines is 1. The number of benzene rings is 1. The summed E-state index contributed by atoms with van der Waals surface area (Å²) in [5.41, 5.74) is 5.58. The number of aromatic nitrogens is 1. The van der Waals surface area contributed by atoms with Crippen LogP contribution in [0.3, 0.4) is 0 Å². The summed E-state index contributed by atoms with van der Waals surface area (Å²) in [7, 11) is 1.13. The van der Waals surface area contributed by atoms with Crippen molar-refractivity contribution in [2.75, 3.05) is 19.4 Å². The van der Waals surface area contributed by atoms with Crippen LogP contribution < -0.4 is 10.5 Å². The molecule has 1 aromatic carbocycles. The third-order valence-corrected chi connectivity index (χ3v) is 4.88. The second kappa shape index (κ2) is 7.74. The van der Waals surface area contributed by atoms with Gasteiger partial charge in [-0.05, 0) is 49.2 Å². The second-order valence-electron chi connectivity index (χ2n) is 6.86. The Balaban J connectivity index is 2.02. The lowest BCUT2D eigenvalue weighted by atomic mass is 10.0. The molecule has 4 nitrogen and oxygen atoms in total. The summed E-state index contributed by atoms with van der Waals surface area (Å²) in [4.78, 5) is 5.37. The molecule has 10 heteroatoms. The van der Waals surface area contributed by atoms with Crippen LogP contribution in [0.4, 0.5) is 32.0 Å². The van der Waals surface area contributed by atoms with Crippen molar-refractivity contribution in [2.45, 2.75) is 37.8 Å². The van der Waals surface area contributed by atoms with E-state index in [9.17, 15) is 26.3 Å². The maximum Gasteiger partial charge on any atom is 0.419 e. The molecule has 1 atom stereocenters. The first kappa shape index (κ1) is 21.2. The van der Waals surface area contributed by atoms with Crippen molar-refractivity contribution in [3.63, 3.8) is 0 Å². The molecule has 0 spiro atoms. The zero-order valence-electron chi connectivity index (χ0n) is 15.4.